The van der Waals surface area contributed by atoms with E-state index in [2.05, 4.69) is 0 Å². The summed E-state index contributed by atoms with van der Waals surface area (Å²) in [5.41, 5.74) is 5.22. The van der Waals surface area contributed by atoms with Crippen molar-refractivity contribution in [2.45, 2.75) is 36.3 Å². The molecule has 0 aliphatic carbocycles. The van der Waals surface area contributed by atoms with Gasteiger partial charge in [-0.15, -0.1) is 0 Å². The lowest BCUT2D eigenvalue weighted by atomic mass is 10.0. The smallest absolute Gasteiger partial charge is 0.387 e. The Balaban J connectivity index is 1.62. The molecule has 7 nitrogen and oxygen atoms in total. The topological polar surface area (TPSA) is 95.3 Å². The third kappa shape index (κ3) is 6.37. The summed E-state index contributed by atoms with van der Waals surface area (Å²) in [5, 5.41) is 0. The second-order valence-electron chi connectivity index (χ2n) is 10.1. The van der Waals surface area contributed by atoms with Crippen molar-refractivity contribution in [1.29, 1.82) is 0 Å². The first kappa shape index (κ1) is 29.4. The van der Waals surface area contributed by atoms with E-state index in [1.54, 1.807) is 60.7 Å². The van der Waals surface area contributed by atoms with Gasteiger partial charge in [-0.25, -0.2) is 21.8 Å². The van der Waals surface area contributed by atoms with Gasteiger partial charge in [0.1, 0.15) is 11.6 Å². The largest absolute Gasteiger partial charge is 0.434 e. The van der Waals surface area contributed by atoms with Gasteiger partial charge in [0.2, 0.25) is 0 Å². The summed E-state index contributed by atoms with van der Waals surface area (Å²) in [6, 6.07) is 23.8. The average molecular weight is 611 g/mol. The fourth-order valence-corrected chi connectivity index (χ4v) is 6.18. The Morgan fingerprint density at radius 3 is 2.07 bits per heavy atom. The van der Waals surface area contributed by atoms with Crippen molar-refractivity contribution in [1.82, 2.24) is 9.55 Å². The highest BCUT2D eigenvalue weighted by Crippen LogP contribution is 2.30. The molecule has 5 aromatic rings. The molecular formula is C31H28F2N2O5S2. The maximum Gasteiger partial charge on any atom is 0.387 e. The molecule has 0 radical (unpaired) electrons. The minimum atomic E-state index is -3.37. The number of hydrogen-bond acceptors (Lipinski definition) is 6. The molecule has 0 aliphatic rings. The minimum Gasteiger partial charge on any atom is -0.434 e. The number of aryl methyl sites for hydroxylation is 1. The molecule has 218 valence electrons. The zero-order chi connectivity index (χ0) is 30.2. The lowest BCUT2D eigenvalue weighted by Gasteiger charge is -2.15. The van der Waals surface area contributed by atoms with Gasteiger partial charge in [0.25, 0.3) is 0 Å². The van der Waals surface area contributed by atoms with Crippen LogP contribution >= 0.6 is 0 Å². The maximum atomic E-state index is 13.2. The average Bonchev–Trinajstić information content (AvgIpc) is 3.25. The molecule has 1 aromatic heterocycles. The number of halogens is 2. The summed E-state index contributed by atoms with van der Waals surface area (Å²) >= 11 is 0. The van der Waals surface area contributed by atoms with Gasteiger partial charge in [-0.05, 0) is 71.6 Å². The highest BCUT2D eigenvalue weighted by Gasteiger charge is 2.18. The highest BCUT2D eigenvalue weighted by molar-refractivity contribution is 7.91. The van der Waals surface area contributed by atoms with E-state index < -0.39 is 26.3 Å². The summed E-state index contributed by atoms with van der Waals surface area (Å²) in [4.78, 5) is 5.30. The number of fused-ring (bicyclic) bond motifs is 1. The van der Waals surface area contributed by atoms with E-state index in [4.69, 9.17) is 9.72 Å². The molecule has 1 heterocycles. The lowest BCUT2D eigenvalue weighted by molar-refractivity contribution is -0.0504. The molecule has 0 saturated carbocycles. The molecule has 11 heteroatoms. The third-order valence-corrected chi connectivity index (χ3v) is 9.29. The van der Waals surface area contributed by atoms with E-state index in [1.807, 2.05) is 29.7 Å². The van der Waals surface area contributed by atoms with Crippen LogP contribution in [0, 0.1) is 6.92 Å². The fraction of sp³-hybridized carbons (Fsp3) is 0.194. The molecule has 5 rings (SSSR count). The van der Waals surface area contributed by atoms with Crippen LogP contribution in [0.2, 0.25) is 0 Å². The predicted octanol–water partition coefficient (Wildman–Crippen LogP) is 6.06. The summed E-state index contributed by atoms with van der Waals surface area (Å²) < 4.78 is 81.0. The fourth-order valence-electron chi connectivity index (χ4n) is 4.84. The van der Waals surface area contributed by atoms with Gasteiger partial charge in [0.05, 0.1) is 27.4 Å². The molecule has 0 unspecified atom stereocenters. The number of rotatable bonds is 9. The monoisotopic (exact) mass is 610 g/mol. The number of alkyl halides is 2. The first-order chi connectivity index (χ1) is 19.8. The summed E-state index contributed by atoms with van der Waals surface area (Å²) in [6.45, 7) is -0.963. The van der Waals surface area contributed by atoms with E-state index >= 15 is 0 Å². The standard InChI is InChI=1S/C31H28F2N2O5S2/c1-20-16-26(42(3,38)39)14-10-22(20)18-30-34-27-15-11-23(21-8-12-25(13-9-21)41(2,36)37)17-28(27)35(30)19-24-6-4-5-7-29(24)40-31(32)33/h4-17,31H,18-19H2,1-3H3. The molecule has 0 spiro atoms. The van der Waals surface area contributed by atoms with Crippen molar-refractivity contribution in [2.75, 3.05) is 12.5 Å². The number of nitrogens with zero attached hydrogens (tertiary/aromatic N) is 2. The number of aromatic nitrogens is 2. The van der Waals surface area contributed by atoms with E-state index in [9.17, 15) is 25.6 Å². The number of sulfone groups is 2. The zero-order valence-corrected chi connectivity index (χ0v) is 24.7. The summed E-state index contributed by atoms with van der Waals surface area (Å²) in [6.07, 6.45) is 2.67. The van der Waals surface area contributed by atoms with Crippen LogP contribution in [0.15, 0.2) is 94.7 Å². The molecule has 0 amide bonds. The Morgan fingerprint density at radius 2 is 1.43 bits per heavy atom. The molecule has 4 aromatic carbocycles. The van der Waals surface area contributed by atoms with Gasteiger partial charge in [-0.3, -0.25) is 0 Å². The van der Waals surface area contributed by atoms with Gasteiger partial charge in [-0.2, -0.15) is 8.78 Å². The maximum absolute atomic E-state index is 13.2. The third-order valence-electron chi connectivity index (χ3n) is 7.05. The Kier molecular flexibility index (Phi) is 7.91. The summed E-state index contributed by atoms with van der Waals surface area (Å²) in [7, 11) is -6.71. The number of para-hydroxylation sites is 1. The van der Waals surface area contributed by atoms with Crippen molar-refractivity contribution >= 4 is 30.7 Å². The van der Waals surface area contributed by atoms with Crippen LogP contribution in [0.3, 0.4) is 0 Å². The van der Waals surface area contributed by atoms with Crippen molar-refractivity contribution in [2.24, 2.45) is 0 Å². The predicted molar refractivity (Wildman–Crippen MR) is 158 cm³/mol. The molecule has 0 saturated heterocycles. The van der Waals surface area contributed by atoms with Crippen molar-refractivity contribution < 1.29 is 30.4 Å². The molecule has 0 atom stereocenters. The quantitative estimate of drug-likeness (QED) is 0.201. The molecular weight excluding hydrogens is 582 g/mol. The van der Waals surface area contributed by atoms with Crippen molar-refractivity contribution in [3.8, 4) is 16.9 Å². The van der Waals surface area contributed by atoms with Gasteiger partial charge in [-0.1, -0.05) is 42.5 Å². The van der Waals surface area contributed by atoms with Crippen LogP contribution in [0.1, 0.15) is 22.5 Å². The molecule has 0 fully saturated rings. The SMILES string of the molecule is Cc1cc(S(C)(=O)=O)ccc1Cc1nc2ccc(-c3ccc(S(C)(=O)=O)cc3)cc2n1Cc1ccccc1OC(F)F. The van der Waals surface area contributed by atoms with Gasteiger partial charge < -0.3 is 9.30 Å². The minimum absolute atomic E-state index is 0.0569. The normalized spacial score (nSPS) is 12.2. The van der Waals surface area contributed by atoms with Crippen molar-refractivity contribution in [3.05, 3.63) is 107 Å². The van der Waals surface area contributed by atoms with E-state index in [1.165, 1.54) is 6.07 Å². The Morgan fingerprint density at radius 1 is 0.786 bits per heavy atom. The zero-order valence-electron chi connectivity index (χ0n) is 23.1. The molecule has 0 bridgehead atoms. The summed E-state index contributed by atoms with van der Waals surface area (Å²) in [5.74, 6) is 0.707. The van der Waals surface area contributed by atoms with Gasteiger partial charge >= 0.3 is 6.61 Å². The number of ether oxygens (including phenoxy) is 1. The van der Waals surface area contributed by atoms with Crippen LogP contribution in [0.4, 0.5) is 8.78 Å². The van der Waals surface area contributed by atoms with Crippen LogP contribution in [-0.2, 0) is 32.6 Å². The Labute approximate surface area is 243 Å². The lowest BCUT2D eigenvalue weighted by Crippen LogP contribution is -2.10. The Hall–Kier alpha value is -4.09. The van der Waals surface area contributed by atoms with Crippen LogP contribution < -0.4 is 4.74 Å². The van der Waals surface area contributed by atoms with Gasteiger partial charge in [0, 0.05) is 24.5 Å². The van der Waals surface area contributed by atoms with E-state index in [0.29, 0.717) is 23.3 Å². The van der Waals surface area contributed by atoms with Crippen LogP contribution in [-0.4, -0.2) is 45.5 Å². The Bertz CT molecular complexity index is 2000. The second-order valence-corrected chi connectivity index (χ2v) is 14.2. The first-order valence-corrected chi connectivity index (χ1v) is 16.7. The van der Waals surface area contributed by atoms with E-state index in [0.717, 1.165) is 40.3 Å². The number of benzene rings is 4. The van der Waals surface area contributed by atoms with Crippen LogP contribution in [0.5, 0.6) is 5.75 Å². The molecule has 42 heavy (non-hydrogen) atoms. The first-order valence-electron chi connectivity index (χ1n) is 12.9. The second kappa shape index (κ2) is 11.3. The molecule has 0 N–H and O–H groups in total. The number of imidazole rings is 1. The van der Waals surface area contributed by atoms with Crippen molar-refractivity contribution in [3.63, 3.8) is 0 Å². The van der Waals surface area contributed by atoms with E-state index in [-0.39, 0.29) is 22.1 Å². The number of hydrogen-bond donors (Lipinski definition) is 0. The van der Waals surface area contributed by atoms with Gasteiger partial charge in [0.15, 0.2) is 19.7 Å². The highest BCUT2D eigenvalue weighted by atomic mass is 32.2. The molecule has 0 aliphatic heterocycles. The van der Waals surface area contributed by atoms with Crippen LogP contribution in [0.25, 0.3) is 22.2 Å².